The molecule has 0 aliphatic carbocycles. The maximum atomic E-state index is 2.40. The highest BCUT2D eigenvalue weighted by Gasteiger charge is 2.17. The summed E-state index contributed by atoms with van der Waals surface area (Å²) in [5.74, 6) is 0. The van der Waals surface area contributed by atoms with E-state index in [0.717, 1.165) is 17.1 Å². The minimum atomic E-state index is 1.12. The Morgan fingerprint density at radius 2 is 0.756 bits per heavy atom. The van der Waals surface area contributed by atoms with Crippen LogP contribution in [0.2, 0.25) is 0 Å². The Kier molecular flexibility index (Phi) is 6.90. The Bertz CT molecular complexity index is 2250. The summed E-state index contributed by atoms with van der Waals surface area (Å²) in [6.45, 7) is 0. The van der Waals surface area contributed by atoms with Crippen molar-refractivity contribution < 1.29 is 0 Å². The molecular weight excluding hydrogens is 542 g/mol. The van der Waals surface area contributed by atoms with Crippen molar-refractivity contribution in [3.63, 3.8) is 0 Å². The van der Waals surface area contributed by atoms with E-state index in [9.17, 15) is 0 Å². The number of hydrogen-bond donors (Lipinski definition) is 0. The first-order valence-electron chi connectivity index (χ1n) is 15.4. The molecule has 0 spiro atoms. The highest BCUT2D eigenvalue weighted by molar-refractivity contribution is 6.01. The average molecular weight is 574 g/mol. The summed E-state index contributed by atoms with van der Waals surface area (Å²) in [5, 5.41) is 4.94. The Morgan fingerprint density at radius 1 is 0.289 bits per heavy atom. The molecule has 0 heterocycles. The van der Waals surface area contributed by atoms with E-state index in [1.54, 1.807) is 0 Å². The van der Waals surface area contributed by atoms with Gasteiger partial charge < -0.3 is 4.90 Å². The van der Waals surface area contributed by atoms with Gasteiger partial charge in [-0.1, -0.05) is 158 Å². The van der Waals surface area contributed by atoms with Crippen molar-refractivity contribution in [2.45, 2.75) is 0 Å². The minimum absolute atomic E-state index is 1.12. The zero-order valence-corrected chi connectivity index (χ0v) is 24.8. The van der Waals surface area contributed by atoms with Crippen molar-refractivity contribution in [2.75, 3.05) is 4.90 Å². The fourth-order valence-corrected chi connectivity index (χ4v) is 6.43. The third kappa shape index (κ3) is 5.15. The lowest BCUT2D eigenvalue weighted by Gasteiger charge is -2.28. The number of anilines is 3. The zero-order chi connectivity index (χ0) is 30.0. The lowest BCUT2D eigenvalue weighted by molar-refractivity contribution is 1.30. The predicted octanol–water partition coefficient (Wildman–Crippen LogP) is 12.5. The van der Waals surface area contributed by atoms with Gasteiger partial charge >= 0.3 is 0 Å². The third-order valence-electron chi connectivity index (χ3n) is 8.64. The fraction of sp³-hybridized carbons (Fsp3) is 0. The van der Waals surface area contributed by atoms with E-state index in [4.69, 9.17) is 0 Å². The molecule has 1 heteroatoms. The lowest BCUT2D eigenvalue weighted by Crippen LogP contribution is -2.10. The standard InChI is InChI=1S/C44H31N/c1-2-12-32(13-3-1)33-26-28-34(29-27-33)37-18-8-20-39(30-37)45(44-25-11-17-36-15-5-7-23-43(36)44)40-21-9-19-38(31-40)42-24-10-16-35-14-4-6-22-41(35)42/h1-31H. The van der Waals surface area contributed by atoms with Crippen LogP contribution in [0.15, 0.2) is 188 Å². The molecule has 0 radical (unpaired) electrons. The monoisotopic (exact) mass is 573 g/mol. The summed E-state index contributed by atoms with van der Waals surface area (Å²) in [4.78, 5) is 2.40. The number of fused-ring (bicyclic) bond motifs is 2. The molecule has 212 valence electrons. The van der Waals surface area contributed by atoms with Crippen molar-refractivity contribution >= 4 is 38.6 Å². The SMILES string of the molecule is c1ccc(-c2ccc(-c3cccc(N(c4cccc(-c5cccc6ccccc56)c4)c4cccc5ccccc45)c3)cc2)cc1. The van der Waals surface area contributed by atoms with Gasteiger partial charge in [-0.25, -0.2) is 0 Å². The van der Waals surface area contributed by atoms with Crippen LogP contribution in [0, 0.1) is 0 Å². The van der Waals surface area contributed by atoms with Crippen molar-refractivity contribution in [1.82, 2.24) is 0 Å². The van der Waals surface area contributed by atoms with E-state index in [-0.39, 0.29) is 0 Å². The van der Waals surface area contributed by atoms with Crippen LogP contribution >= 0.6 is 0 Å². The van der Waals surface area contributed by atoms with Crippen molar-refractivity contribution in [3.8, 4) is 33.4 Å². The van der Waals surface area contributed by atoms with Gasteiger partial charge in [-0.2, -0.15) is 0 Å². The fourth-order valence-electron chi connectivity index (χ4n) is 6.43. The maximum absolute atomic E-state index is 2.40. The van der Waals surface area contributed by atoms with E-state index in [2.05, 4.69) is 193 Å². The summed E-state index contributed by atoms with van der Waals surface area (Å²) >= 11 is 0. The molecule has 8 aromatic carbocycles. The molecule has 0 aliphatic rings. The van der Waals surface area contributed by atoms with Gasteiger partial charge in [0.25, 0.3) is 0 Å². The van der Waals surface area contributed by atoms with E-state index in [0.29, 0.717) is 0 Å². The van der Waals surface area contributed by atoms with Gasteiger partial charge in [0.2, 0.25) is 0 Å². The van der Waals surface area contributed by atoms with Gasteiger partial charge in [0.15, 0.2) is 0 Å². The topological polar surface area (TPSA) is 3.24 Å². The first-order chi connectivity index (χ1) is 22.3. The molecule has 0 aliphatic heterocycles. The molecule has 0 aromatic heterocycles. The van der Waals surface area contributed by atoms with Crippen LogP contribution in [0.1, 0.15) is 0 Å². The number of rotatable bonds is 6. The third-order valence-corrected chi connectivity index (χ3v) is 8.64. The summed E-state index contributed by atoms with van der Waals surface area (Å²) in [6, 6.07) is 67.7. The van der Waals surface area contributed by atoms with Gasteiger partial charge in [0.1, 0.15) is 0 Å². The van der Waals surface area contributed by atoms with Crippen LogP contribution in [-0.2, 0) is 0 Å². The Morgan fingerprint density at radius 3 is 1.49 bits per heavy atom. The summed E-state index contributed by atoms with van der Waals surface area (Å²) in [6.07, 6.45) is 0. The molecular formula is C44H31N. The average Bonchev–Trinajstić information content (AvgIpc) is 3.12. The molecule has 0 amide bonds. The van der Waals surface area contributed by atoms with Crippen molar-refractivity contribution in [3.05, 3.63) is 188 Å². The van der Waals surface area contributed by atoms with Gasteiger partial charge in [0, 0.05) is 16.8 Å². The molecule has 0 unspecified atom stereocenters. The van der Waals surface area contributed by atoms with Gasteiger partial charge in [-0.3, -0.25) is 0 Å². The highest BCUT2D eigenvalue weighted by atomic mass is 15.1. The molecule has 0 atom stereocenters. The Balaban J connectivity index is 1.27. The normalized spacial score (nSPS) is 11.1. The van der Waals surface area contributed by atoms with Crippen LogP contribution in [-0.4, -0.2) is 0 Å². The van der Waals surface area contributed by atoms with Crippen LogP contribution in [0.3, 0.4) is 0 Å². The molecule has 0 bridgehead atoms. The van der Waals surface area contributed by atoms with Crippen molar-refractivity contribution in [1.29, 1.82) is 0 Å². The van der Waals surface area contributed by atoms with Crippen LogP contribution in [0.25, 0.3) is 54.9 Å². The van der Waals surface area contributed by atoms with Crippen LogP contribution in [0.5, 0.6) is 0 Å². The second kappa shape index (κ2) is 11.6. The summed E-state index contributed by atoms with van der Waals surface area (Å²) < 4.78 is 0. The molecule has 8 aromatic rings. The van der Waals surface area contributed by atoms with Gasteiger partial charge in [0.05, 0.1) is 5.69 Å². The second-order valence-corrected chi connectivity index (χ2v) is 11.4. The second-order valence-electron chi connectivity index (χ2n) is 11.4. The molecule has 0 N–H and O–H groups in total. The molecule has 0 saturated heterocycles. The maximum Gasteiger partial charge on any atom is 0.0540 e. The number of benzene rings is 8. The molecule has 45 heavy (non-hydrogen) atoms. The first-order valence-corrected chi connectivity index (χ1v) is 15.4. The molecule has 1 nitrogen and oxygen atoms in total. The number of hydrogen-bond acceptors (Lipinski definition) is 1. The predicted molar refractivity (Wildman–Crippen MR) is 192 cm³/mol. The van der Waals surface area contributed by atoms with E-state index in [1.165, 1.54) is 54.9 Å². The molecule has 0 fully saturated rings. The van der Waals surface area contributed by atoms with Gasteiger partial charge in [-0.05, 0) is 79.9 Å². The zero-order valence-electron chi connectivity index (χ0n) is 24.8. The molecule has 8 rings (SSSR count). The largest absolute Gasteiger partial charge is 0.310 e. The van der Waals surface area contributed by atoms with Crippen LogP contribution in [0.4, 0.5) is 17.1 Å². The molecule has 0 saturated carbocycles. The van der Waals surface area contributed by atoms with E-state index >= 15 is 0 Å². The van der Waals surface area contributed by atoms with Gasteiger partial charge in [-0.15, -0.1) is 0 Å². The lowest BCUT2D eigenvalue weighted by atomic mass is 9.97. The highest BCUT2D eigenvalue weighted by Crippen LogP contribution is 2.42. The van der Waals surface area contributed by atoms with Crippen LogP contribution < -0.4 is 4.90 Å². The van der Waals surface area contributed by atoms with E-state index in [1.807, 2.05) is 0 Å². The number of nitrogens with zero attached hydrogens (tertiary/aromatic N) is 1. The smallest absolute Gasteiger partial charge is 0.0540 e. The Hall–Kier alpha value is -5.92. The summed E-state index contributed by atoms with van der Waals surface area (Å²) in [5.41, 5.74) is 10.6. The van der Waals surface area contributed by atoms with E-state index < -0.39 is 0 Å². The summed E-state index contributed by atoms with van der Waals surface area (Å²) in [7, 11) is 0. The quantitative estimate of drug-likeness (QED) is 0.191. The van der Waals surface area contributed by atoms with Crippen molar-refractivity contribution in [2.24, 2.45) is 0 Å². The first kappa shape index (κ1) is 26.7. The minimum Gasteiger partial charge on any atom is -0.310 e. The Labute approximate surface area is 264 Å².